The average Bonchev–Trinajstić information content (AvgIpc) is 2.83. The molecule has 0 spiro atoms. The number of methoxy groups -OCH3 is 1. The lowest BCUT2D eigenvalue weighted by molar-refractivity contribution is 0.406. The molecule has 0 radical (unpaired) electrons. The first-order chi connectivity index (χ1) is 8.81. The topological polar surface area (TPSA) is 61.3 Å². The number of ether oxygens (including phenoxy) is 1. The molecule has 1 heterocycles. The maximum absolute atomic E-state index is 5.82. The second kappa shape index (κ2) is 4.37. The second-order valence-corrected chi connectivity index (χ2v) is 4.58. The highest BCUT2D eigenvalue weighted by molar-refractivity contribution is 5.77. The van der Waals surface area contributed by atoms with Crippen molar-refractivity contribution in [2.24, 2.45) is 0 Å². The summed E-state index contributed by atoms with van der Waals surface area (Å²) in [5.74, 6) is 1.36. The van der Waals surface area contributed by atoms with Crippen molar-refractivity contribution in [2.75, 3.05) is 12.8 Å². The van der Waals surface area contributed by atoms with Crippen LogP contribution < -0.4 is 10.5 Å². The Morgan fingerprint density at radius 2 is 1.94 bits per heavy atom. The van der Waals surface area contributed by atoms with Gasteiger partial charge in [0.15, 0.2) is 0 Å². The van der Waals surface area contributed by atoms with E-state index in [0.29, 0.717) is 5.88 Å². The molecule has 1 aromatic heterocycles. The van der Waals surface area contributed by atoms with E-state index in [-0.39, 0.29) is 0 Å². The van der Waals surface area contributed by atoms with Gasteiger partial charge in [0.05, 0.1) is 18.9 Å². The van der Waals surface area contributed by atoms with E-state index in [9.17, 15) is 0 Å². The van der Waals surface area contributed by atoms with Gasteiger partial charge in [0.25, 0.3) is 0 Å². The van der Waals surface area contributed by atoms with Crippen LogP contribution in [0, 0.1) is 0 Å². The first kappa shape index (κ1) is 11.1. The SMILES string of the molecule is COc1ccc(-c2cnoc2N)c2c1CCCC2. The lowest BCUT2D eigenvalue weighted by atomic mass is 9.86. The summed E-state index contributed by atoms with van der Waals surface area (Å²) >= 11 is 0. The van der Waals surface area contributed by atoms with Crippen molar-refractivity contribution in [2.45, 2.75) is 25.7 Å². The minimum Gasteiger partial charge on any atom is -0.496 e. The molecule has 18 heavy (non-hydrogen) atoms. The van der Waals surface area contributed by atoms with E-state index >= 15 is 0 Å². The first-order valence-corrected chi connectivity index (χ1v) is 6.20. The molecule has 0 unspecified atom stereocenters. The van der Waals surface area contributed by atoms with E-state index in [2.05, 4.69) is 5.16 Å². The number of nitrogens with zero attached hydrogens (tertiary/aromatic N) is 1. The molecule has 2 aromatic rings. The number of benzene rings is 1. The summed E-state index contributed by atoms with van der Waals surface area (Å²) in [7, 11) is 1.72. The molecule has 1 aliphatic rings. The zero-order valence-corrected chi connectivity index (χ0v) is 10.4. The Morgan fingerprint density at radius 3 is 2.61 bits per heavy atom. The van der Waals surface area contributed by atoms with Crippen LogP contribution in [-0.4, -0.2) is 12.3 Å². The Kier molecular flexibility index (Phi) is 2.70. The highest BCUT2D eigenvalue weighted by Crippen LogP contribution is 2.38. The quantitative estimate of drug-likeness (QED) is 0.882. The van der Waals surface area contributed by atoms with E-state index in [0.717, 1.165) is 29.7 Å². The highest BCUT2D eigenvalue weighted by Gasteiger charge is 2.20. The lowest BCUT2D eigenvalue weighted by Crippen LogP contribution is -2.07. The normalized spacial score (nSPS) is 14.3. The Morgan fingerprint density at radius 1 is 1.17 bits per heavy atom. The summed E-state index contributed by atoms with van der Waals surface area (Å²) < 4.78 is 10.4. The van der Waals surface area contributed by atoms with Gasteiger partial charge in [0, 0.05) is 0 Å². The molecule has 0 bridgehead atoms. The van der Waals surface area contributed by atoms with E-state index in [4.69, 9.17) is 15.0 Å². The van der Waals surface area contributed by atoms with E-state index in [1.54, 1.807) is 13.3 Å². The number of nitrogen functional groups attached to an aromatic ring is 1. The van der Waals surface area contributed by atoms with Gasteiger partial charge in [-0.2, -0.15) is 0 Å². The van der Waals surface area contributed by atoms with Crippen molar-refractivity contribution in [3.05, 3.63) is 29.5 Å². The summed E-state index contributed by atoms with van der Waals surface area (Å²) in [6.07, 6.45) is 6.24. The maximum Gasteiger partial charge on any atom is 0.229 e. The third kappa shape index (κ3) is 1.65. The van der Waals surface area contributed by atoms with Gasteiger partial charge in [0.2, 0.25) is 5.88 Å². The van der Waals surface area contributed by atoms with Gasteiger partial charge in [0.1, 0.15) is 5.75 Å². The van der Waals surface area contributed by atoms with Crippen LogP contribution >= 0.6 is 0 Å². The van der Waals surface area contributed by atoms with Crippen molar-refractivity contribution in [3.8, 4) is 16.9 Å². The van der Waals surface area contributed by atoms with Crippen LogP contribution in [0.5, 0.6) is 5.75 Å². The van der Waals surface area contributed by atoms with Crippen LogP contribution in [0.4, 0.5) is 5.88 Å². The number of anilines is 1. The zero-order chi connectivity index (χ0) is 12.5. The predicted molar refractivity (Wildman–Crippen MR) is 69.5 cm³/mol. The summed E-state index contributed by atoms with van der Waals surface area (Å²) in [5.41, 5.74) is 10.5. The molecule has 94 valence electrons. The van der Waals surface area contributed by atoms with Gasteiger partial charge in [-0.15, -0.1) is 0 Å². The van der Waals surface area contributed by atoms with Gasteiger partial charge in [-0.3, -0.25) is 0 Å². The zero-order valence-electron chi connectivity index (χ0n) is 10.4. The van der Waals surface area contributed by atoms with E-state index in [1.807, 2.05) is 12.1 Å². The molecule has 4 heteroatoms. The van der Waals surface area contributed by atoms with Crippen molar-refractivity contribution < 1.29 is 9.26 Å². The summed E-state index contributed by atoms with van der Waals surface area (Å²) in [6, 6.07) is 4.05. The Balaban J connectivity index is 2.19. The third-order valence-corrected chi connectivity index (χ3v) is 3.60. The third-order valence-electron chi connectivity index (χ3n) is 3.60. The number of hydrogen-bond acceptors (Lipinski definition) is 4. The molecule has 4 nitrogen and oxygen atoms in total. The fourth-order valence-electron chi connectivity index (χ4n) is 2.73. The average molecular weight is 244 g/mol. The minimum atomic E-state index is 0.382. The molecule has 2 N–H and O–H groups in total. The fraction of sp³-hybridized carbons (Fsp3) is 0.357. The molecule has 0 fully saturated rings. The number of hydrogen-bond donors (Lipinski definition) is 1. The summed E-state index contributed by atoms with van der Waals surface area (Å²) in [5, 5.41) is 3.76. The van der Waals surface area contributed by atoms with Crippen LogP contribution in [0.25, 0.3) is 11.1 Å². The monoisotopic (exact) mass is 244 g/mol. The molecular weight excluding hydrogens is 228 g/mol. The van der Waals surface area contributed by atoms with Gasteiger partial charge in [-0.05, 0) is 48.4 Å². The standard InChI is InChI=1S/C14H16N2O2/c1-17-13-7-6-10(12-8-16-18-14(12)15)9-4-2-3-5-11(9)13/h6-8H,2-5,15H2,1H3. The lowest BCUT2D eigenvalue weighted by Gasteiger charge is -2.21. The fourth-order valence-corrected chi connectivity index (χ4v) is 2.73. The van der Waals surface area contributed by atoms with Crippen molar-refractivity contribution in [1.82, 2.24) is 5.16 Å². The largest absolute Gasteiger partial charge is 0.496 e. The van der Waals surface area contributed by atoms with Gasteiger partial charge in [-0.1, -0.05) is 11.2 Å². The Labute approximate surface area is 106 Å². The number of nitrogens with two attached hydrogens (primary N) is 1. The second-order valence-electron chi connectivity index (χ2n) is 4.58. The molecular formula is C14H16N2O2. The van der Waals surface area contributed by atoms with Crippen molar-refractivity contribution in [1.29, 1.82) is 0 Å². The molecule has 0 saturated carbocycles. The summed E-state index contributed by atoms with van der Waals surface area (Å²) in [4.78, 5) is 0. The predicted octanol–water partition coefficient (Wildman–Crippen LogP) is 2.81. The summed E-state index contributed by atoms with van der Waals surface area (Å²) in [6.45, 7) is 0. The van der Waals surface area contributed by atoms with Crippen LogP contribution in [0.1, 0.15) is 24.0 Å². The van der Waals surface area contributed by atoms with Crippen molar-refractivity contribution >= 4 is 5.88 Å². The molecule has 0 atom stereocenters. The molecule has 0 amide bonds. The van der Waals surface area contributed by atoms with Crippen molar-refractivity contribution in [3.63, 3.8) is 0 Å². The van der Waals surface area contributed by atoms with Crippen LogP contribution in [0.3, 0.4) is 0 Å². The molecule has 1 aliphatic carbocycles. The number of rotatable bonds is 2. The van der Waals surface area contributed by atoms with Gasteiger partial charge >= 0.3 is 0 Å². The Hall–Kier alpha value is -1.97. The van der Waals surface area contributed by atoms with E-state index in [1.165, 1.54) is 24.0 Å². The van der Waals surface area contributed by atoms with Gasteiger partial charge in [-0.25, -0.2) is 0 Å². The number of fused-ring (bicyclic) bond motifs is 1. The molecule has 1 aromatic carbocycles. The van der Waals surface area contributed by atoms with Crippen LogP contribution in [0.2, 0.25) is 0 Å². The number of aromatic nitrogens is 1. The van der Waals surface area contributed by atoms with Crippen LogP contribution in [-0.2, 0) is 12.8 Å². The smallest absolute Gasteiger partial charge is 0.229 e. The molecule has 3 rings (SSSR count). The highest BCUT2D eigenvalue weighted by atomic mass is 16.5. The van der Waals surface area contributed by atoms with Crippen LogP contribution in [0.15, 0.2) is 22.9 Å². The molecule has 0 aliphatic heterocycles. The van der Waals surface area contributed by atoms with E-state index < -0.39 is 0 Å². The molecule has 0 saturated heterocycles. The Bertz CT molecular complexity index is 575. The first-order valence-electron chi connectivity index (χ1n) is 6.20. The van der Waals surface area contributed by atoms with Gasteiger partial charge < -0.3 is 15.0 Å². The maximum atomic E-state index is 5.82. The minimum absolute atomic E-state index is 0.382.